The first kappa shape index (κ1) is 18.1. The maximum absolute atomic E-state index is 10.4. The summed E-state index contributed by atoms with van der Waals surface area (Å²) in [7, 11) is 0. The van der Waals surface area contributed by atoms with Gasteiger partial charge >= 0.3 is 0 Å². The monoisotopic (exact) mass is 360 g/mol. The molecular weight excluding hydrogens is 328 g/mol. The van der Waals surface area contributed by atoms with Gasteiger partial charge in [-0.3, -0.25) is 4.90 Å². The van der Waals surface area contributed by atoms with E-state index in [1.54, 1.807) is 0 Å². The number of nitrogens with zero attached hydrogens (tertiary/aromatic N) is 4. The number of fused-ring (bicyclic) bond motifs is 1. The lowest BCUT2D eigenvalue weighted by Crippen LogP contribution is -2.52. The third-order valence-electron chi connectivity index (χ3n) is 6.22. The summed E-state index contributed by atoms with van der Waals surface area (Å²) < 4.78 is 5.83. The maximum Gasteiger partial charge on any atom is 0.225 e. The quantitative estimate of drug-likeness (QED) is 0.892. The lowest BCUT2D eigenvalue weighted by Gasteiger charge is -2.46. The maximum atomic E-state index is 10.4. The van der Waals surface area contributed by atoms with E-state index in [9.17, 15) is 5.11 Å². The fourth-order valence-electron chi connectivity index (χ4n) is 5.09. The van der Waals surface area contributed by atoms with Gasteiger partial charge in [-0.2, -0.15) is 0 Å². The Balaban J connectivity index is 1.47. The van der Waals surface area contributed by atoms with Crippen molar-refractivity contribution in [2.24, 2.45) is 5.92 Å². The highest BCUT2D eigenvalue weighted by Crippen LogP contribution is 2.36. The Morgan fingerprint density at radius 2 is 1.92 bits per heavy atom. The number of hydrogen-bond donors (Lipinski definition) is 1. The molecule has 3 heterocycles. The van der Waals surface area contributed by atoms with E-state index in [1.165, 1.54) is 25.7 Å². The van der Waals surface area contributed by atoms with Gasteiger partial charge in [0, 0.05) is 44.3 Å². The van der Waals surface area contributed by atoms with Crippen molar-refractivity contribution in [2.75, 3.05) is 24.5 Å². The highest BCUT2D eigenvalue weighted by molar-refractivity contribution is 5.31. The molecule has 26 heavy (non-hydrogen) atoms. The van der Waals surface area contributed by atoms with Gasteiger partial charge < -0.3 is 14.7 Å². The van der Waals surface area contributed by atoms with Crippen molar-refractivity contribution < 1.29 is 9.84 Å². The highest BCUT2D eigenvalue weighted by Gasteiger charge is 2.38. The molecule has 0 radical (unpaired) electrons. The average molecular weight is 361 g/mol. The summed E-state index contributed by atoms with van der Waals surface area (Å²) in [5.74, 6) is 1.27. The molecule has 5 atom stereocenters. The Morgan fingerprint density at radius 1 is 1.15 bits per heavy atom. The first-order valence-electron chi connectivity index (χ1n) is 10.2. The van der Waals surface area contributed by atoms with Crippen molar-refractivity contribution in [3.8, 4) is 0 Å². The number of aliphatic hydroxyl groups is 1. The van der Waals surface area contributed by atoms with Gasteiger partial charge in [0.1, 0.15) is 0 Å². The second kappa shape index (κ2) is 7.79. The predicted octanol–water partition coefficient (Wildman–Crippen LogP) is 2.22. The Bertz CT molecular complexity index is 603. The molecule has 0 amide bonds. The molecule has 1 aromatic rings. The van der Waals surface area contributed by atoms with Crippen LogP contribution in [0.1, 0.15) is 51.6 Å². The molecule has 0 unspecified atom stereocenters. The molecule has 3 aliphatic rings. The number of aromatic nitrogens is 2. The Kier molecular flexibility index (Phi) is 5.43. The van der Waals surface area contributed by atoms with E-state index in [4.69, 9.17) is 9.72 Å². The normalized spacial score (nSPS) is 36.0. The molecule has 6 nitrogen and oxygen atoms in total. The van der Waals surface area contributed by atoms with Crippen LogP contribution in [0.2, 0.25) is 0 Å². The molecule has 3 fully saturated rings. The molecule has 1 aromatic heterocycles. The smallest absolute Gasteiger partial charge is 0.225 e. The van der Waals surface area contributed by atoms with Gasteiger partial charge in [0.15, 0.2) is 0 Å². The molecule has 2 aliphatic heterocycles. The minimum Gasteiger partial charge on any atom is -0.393 e. The molecule has 2 saturated heterocycles. The molecule has 144 valence electrons. The van der Waals surface area contributed by atoms with Crippen molar-refractivity contribution in [2.45, 2.75) is 76.9 Å². The van der Waals surface area contributed by atoms with Crippen LogP contribution >= 0.6 is 0 Å². The molecule has 0 bridgehead atoms. The van der Waals surface area contributed by atoms with Gasteiger partial charge in [0.05, 0.1) is 24.0 Å². The van der Waals surface area contributed by atoms with E-state index in [0.717, 1.165) is 44.2 Å². The molecule has 1 saturated carbocycles. The fraction of sp³-hybridized carbons (Fsp3) is 0.800. The molecular formula is C20H32N4O2. The summed E-state index contributed by atoms with van der Waals surface area (Å²) in [6.45, 7) is 7.72. The van der Waals surface area contributed by atoms with Crippen LogP contribution < -0.4 is 4.90 Å². The topological polar surface area (TPSA) is 61.7 Å². The minimum absolute atomic E-state index is 0.117. The van der Waals surface area contributed by atoms with Crippen molar-refractivity contribution in [3.05, 3.63) is 18.0 Å². The van der Waals surface area contributed by atoms with Crippen LogP contribution in [-0.4, -0.2) is 64.0 Å². The van der Waals surface area contributed by atoms with E-state index in [1.807, 2.05) is 12.3 Å². The zero-order valence-electron chi connectivity index (χ0n) is 16.0. The summed E-state index contributed by atoms with van der Waals surface area (Å²) in [5, 5.41) is 10.4. The Morgan fingerprint density at radius 3 is 2.73 bits per heavy atom. The number of piperidine rings is 1. The lowest BCUT2D eigenvalue weighted by atomic mass is 9.76. The molecule has 0 aromatic carbocycles. The van der Waals surface area contributed by atoms with E-state index in [0.29, 0.717) is 12.0 Å². The van der Waals surface area contributed by atoms with Crippen molar-refractivity contribution in [3.63, 3.8) is 0 Å². The highest BCUT2D eigenvalue weighted by atomic mass is 16.5. The summed E-state index contributed by atoms with van der Waals surface area (Å²) in [6.07, 6.45) is 7.99. The summed E-state index contributed by atoms with van der Waals surface area (Å²) >= 11 is 0. The third kappa shape index (κ3) is 3.87. The van der Waals surface area contributed by atoms with Crippen LogP contribution in [0.15, 0.2) is 12.3 Å². The first-order valence-corrected chi connectivity index (χ1v) is 10.2. The molecule has 6 heteroatoms. The Hall–Kier alpha value is -1.24. The molecule has 1 N–H and O–H groups in total. The van der Waals surface area contributed by atoms with Crippen molar-refractivity contribution >= 4 is 5.95 Å². The van der Waals surface area contributed by atoms with E-state index in [-0.39, 0.29) is 18.3 Å². The summed E-state index contributed by atoms with van der Waals surface area (Å²) in [4.78, 5) is 14.2. The Labute approximate surface area is 156 Å². The third-order valence-corrected chi connectivity index (χ3v) is 6.22. The van der Waals surface area contributed by atoms with Crippen LogP contribution in [-0.2, 0) is 11.3 Å². The number of ether oxygens (including phenoxy) is 1. The van der Waals surface area contributed by atoms with Gasteiger partial charge in [-0.15, -0.1) is 0 Å². The second-order valence-electron chi connectivity index (χ2n) is 8.35. The van der Waals surface area contributed by atoms with Crippen LogP contribution in [0.5, 0.6) is 0 Å². The van der Waals surface area contributed by atoms with Gasteiger partial charge in [0.2, 0.25) is 5.95 Å². The van der Waals surface area contributed by atoms with E-state index < -0.39 is 0 Å². The zero-order chi connectivity index (χ0) is 18.1. The second-order valence-corrected chi connectivity index (χ2v) is 8.35. The van der Waals surface area contributed by atoms with Crippen LogP contribution in [0.4, 0.5) is 5.95 Å². The first-order chi connectivity index (χ1) is 12.6. The molecule has 1 aliphatic carbocycles. The SMILES string of the molecule is C[C@@H]1CN(c2nccc(CN3CC[C@H](O)[C@@H]4CCCC[C@H]43)n2)C[C@@H](C)O1. The number of rotatable bonds is 3. The number of hydrogen-bond acceptors (Lipinski definition) is 6. The minimum atomic E-state index is -0.117. The lowest BCUT2D eigenvalue weighted by molar-refractivity contribution is -0.0398. The predicted molar refractivity (Wildman–Crippen MR) is 101 cm³/mol. The number of anilines is 1. The fourth-order valence-corrected chi connectivity index (χ4v) is 5.09. The van der Waals surface area contributed by atoms with Crippen LogP contribution in [0, 0.1) is 5.92 Å². The number of morpholine rings is 1. The molecule has 0 spiro atoms. The van der Waals surface area contributed by atoms with E-state index >= 15 is 0 Å². The van der Waals surface area contributed by atoms with Gasteiger partial charge in [-0.1, -0.05) is 12.8 Å². The van der Waals surface area contributed by atoms with Crippen molar-refractivity contribution in [1.29, 1.82) is 0 Å². The summed E-state index contributed by atoms with van der Waals surface area (Å²) in [6, 6.07) is 2.55. The van der Waals surface area contributed by atoms with Gasteiger partial charge in [-0.25, -0.2) is 9.97 Å². The van der Waals surface area contributed by atoms with Crippen molar-refractivity contribution in [1.82, 2.24) is 14.9 Å². The standard InChI is InChI=1S/C20H32N4O2/c1-14-11-24(12-15(2)26-14)20-21-9-7-16(22-20)13-23-10-8-19(25)17-5-3-4-6-18(17)23/h7,9,14-15,17-19,25H,3-6,8,10-13H2,1-2H3/t14-,15-,17-,18-,19+/m1/s1. The number of aliphatic hydroxyl groups excluding tert-OH is 1. The zero-order valence-corrected chi connectivity index (χ0v) is 16.0. The number of likely N-dealkylation sites (tertiary alicyclic amines) is 1. The summed E-state index contributed by atoms with van der Waals surface area (Å²) in [5.41, 5.74) is 1.09. The van der Waals surface area contributed by atoms with Gasteiger partial charge in [0.25, 0.3) is 0 Å². The van der Waals surface area contributed by atoms with E-state index in [2.05, 4.69) is 28.6 Å². The van der Waals surface area contributed by atoms with Crippen LogP contribution in [0.25, 0.3) is 0 Å². The van der Waals surface area contributed by atoms with Crippen LogP contribution in [0.3, 0.4) is 0 Å². The van der Waals surface area contributed by atoms with Gasteiger partial charge in [-0.05, 0) is 39.2 Å². The molecule has 4 rings (SSSR count). The largest absolute Gasteiger partial charge is 0.393 e. The average Bonchev–Trinajstić information content (AvgIpc) is 2.64.